The van der Waals surface area contributed by atoms with E-state index in [9.17, 15) is 4.79 Å². The molecular weight excluding hydrogens is 376 g/mol. The summed E-state index contributed by atoms with van der Waals surface area (Å²) in [4.78, 5) is 18.1. The zero-order valence-electron chi connectivity index (χ0n) is 17.1. The Labute approximate surface area is 175 Å². The van der Waals surface area contributed by atoms with Gasteiger partial charge in [0.25, 0.3) is 5.91 Å². The summed E-state index contributed by atoms with van der Waals surface area (Å²) in [5.74, 6) is 0.945. The Hall–Kier alpha value is -3.86. The van der Waals surface area contributed by atoms with Crippen LogP contribution in [0.5, 0.6) is 11.5 Å². The largest absolute Gasteiger partial charge is 0.497 e. The number of amides is 1. The molecule has 0 bridgehead atoms. The van der Waals surface area contributed by atoms with Crippen molar-refractivity contribution in [2.75, 3.05) is 19.5 Å². The van der Waals surface area contributed by atoms with Gasteiger partial charge in [-0.2, -0.15) is 0 Å². The number of carbonyl (C=O) groups is 1. The molecule has 0 spiro atoms. The molecular formula is C25H22N2O3. The molecule has 30 heavy (non-hydrogen) atoms. The summed E-state index contributed by atoms with van der Waals surface area (Å²) in [6, 6.07) is 22.8. The van der Waals surface area contributed by atoms with Crippen molar-refractivity contribution in [3.05, 3.63) is 83.9 Å². The van der Waals surface area contributed by atoms with Gasteiger partial charge < -0.3 is 14.8 Å². The minimum absolute atomic E-state index is 0.242. The number of pyridine rings is 1. The van der Waals surface area contributed by atoms with Gasteiger partial charge in [0.15, 0.2) is 0 Å². The monoisotopic (exact) mass is 398 g/mol. The van der Waals surface area contributed by atoms with Crippen molar-refractivity contribution in [1.29, 1.82) is 0 Å². The number of nitrogens with one attached hydrogen (secondary N) is 1. The van der Waals surface area contributed by atoms with E-state index in [1.54, 1.807) is 32.4 Å². The number of carbonyl (C=O) groups excluding carboxylic acids is 1. The SMILES string of the molecule is COc1ccc(OC)c(NC(=O)c2cc(-c3ccc(C)cc3)nc3ccccc23)c1. The third-order valence-corrected chi connectivity index (χ3v) is 4.96. The molecule has 0 unspecified atom stereocenters. The highest BCUT2D eigenvalue weighted by atomic mass is 16.5. The molecule has 5 heteroatoms. The van der Waals surface area contributed by atoms with Crippen LogP contribution in [0.3, 0.4) is 0 Å². The smallest absolute Gasteiger partial charge is 0.256 e. The molecule has 1 heterocycles. The van der Waals surface area contributed by atoms with E-state index < -0.39 is 0 Å². The highest BCUT2D eigenvalue weighted by Crippen LogP contribution is 2.31. The standard InChI is InChI=1S/C25H22N2O3/c1-16-8-10-17(11-9-16)22-15-20(19-6-4-5-7-21(19)26-22)25(28)27-23-14-18(29-2)12-13-24(23)30-3/h4-15H,1-3H3,(H,27,28). The van der Waals surface area contributed by atoms with Crippen molar-refractivity contribution >= 4 is 22.5 Å². The highest BCUT2D eigenvalue weighted by molar-refractivity contribution is 6.13. The van der Waals surface area contributed by atoms with Gasteiger partial charge in [-0.15, -0.1) is 0 Å². The van der Waals surface area contributed by atoms with Gasteiger partial charge in [0, 0.05) is 17.0 Å². The lowest BCUT2D eigenvalue weighted by molar-refractivity contribution is 0.102. The van der Waals surface area contributed by atoms with Gasteiger partial charge in [0.1, 0.15) is 11.5 Å². The number of anilines is 1. The van der Waals surface area contributed by atoms with E-state index in [0.717, 1.165) is 22.2 Å². The van der Waals surface area contributed by atoms with Crippen LogP contribution in [-0.2, 0) is 0 Å². The van der Waals surface area contributed by atoms with Crippen molar-refractivity contribution in [3.8, 4) is 22.8 Å². The minimum Gasteiger partial charge on any atom is -0.497 e. The molecule has 4 aromatic rings. The number of aromatic nitrogens is 1. The first-order valence-electron chi connectivity index (χ1n) is 9.59. The summed E-state index contributed by atoms with van der Waals surface area (Å²) in [7, 11) is 3.15. The molecule has 0 aliphatic rings. The Morgan fingerprint density at radius 3 is 2.40 bits per heavy atom. The van der Waals surface area contributed by atoms with Gasteiger partial charge in [-0.25, -0.2) is 4.98 Å². The summed E-state index contributed by atoms with van der Waals surface area (Å²) in [5.41, 5.74) is 4.72. The molecule has 1 amide bonds. The fourth-order valence-corrected chi connectivity index (χ4v) is 3.34. The zero-order valence-corrected chi connectivity index (χ0v) is 17.1. The number of rotatable bonds is 5. The van der Waals surface area contributed by atoms with E-state index in [4.69, 9.17) is 14.5 Å². The van der Waals surface area contributed by atoms with Gasteiger partial charge in [0.2, 0.25) is 0 Å². The Kier molecular flexibility index (Phi) is 5.35. The first-order chi connectivity index (χ1) is 14.6. The van der Waals surface area contributed by atoms with Gasteiger partial charge in [-0.05, 0) is 31.2 Å². The Morgan fingerprint density at radius 2 is 1.67 bits per heavy atom. The molecule has 0 fully saturated rings. The number of para-hydroxylation sites is 1. The second kappa shape index (κ2) is 8.25. The molecule has 0 saturated heterocycles. The molecule has 3 aromatic carbocycles. The highest BCUT2D eigenvalue weighted by Gasteiger charge is 2.16. The van der Waals surface area contributed by atoms with Gasteiger partial charge in [-0.1, -0.05) is 48.0 Å². The van der Waals surface area contributed by atoms with E-state index in [-0.39, 0.29) is 5.91 Å². The number of hydrogen-bond acceptors (Lipinski definition) is 4. The molecule has 0 atom stereocenters. The number of benzene rings is 3. The van der Waals surface area contributed by atoms with Crippen LogP contribution in [0.4, 0.5) is 5.69 Å². The first-order valence-corrected chi connectivity index (χ1v) is 9.59. The number of fused-ring (bicyclic) bond motifs is 1. The van der Waals surface area contributed by atoms with E-state index in [0.29, 0.717) is 22.7 Å². The summed E-state index contributed by atoms with van der Waals surface area (Å²) in [5, 5.41) is 3.75. The molecule has 1 N–H and O–H groups in total. The Bertz CT molecular complexity index is 1220. The number of methoxy groups -OCH3 is 2. The predicted molar refractivity (Wildman–Crippen MR) is 119 cm³/mol. The predicted octanol–water partition coefficient (Wildman–Crippen LogP) is 5.48. The molecule has 0 radical (unpaired) electrons. The van der Waals surface area contributed by atoms with Gasteiger partial charge in [-0.3, -0.25) is 4.79 Å². The summed E-state index contributed by atoms with van der Waals surface area (Å²) in [6.45, 7) is 2.04. The summed E-state index contributed by atoms with van der Waals surface area (Å²) < 4.78 is 10.7. The average molecular weight is 398 g/mol. The number of nitrogens with zero attached hydrogens (tertiary/aromatic N) is 1. The first kappa shape index (κ1) is 19.5. The lowest BCUT2D eigenvalue weighted by Gasteiger charge is -2.14. The van der Waals surface area contributed by atoms with Crippen LogP contribution in [0.2, 0.25) is 0 Å². The van der Waals surface area contributed by atoms with Crippen LogP contribution < -0.4 is 14.8 Å². The average Bonchev–Trinajstić information content (AvgIpc) is 2.78. The van der Waals surface area contributed by atoms with Gasteiger partial charge in [0.05, 0.1) is 36.7 Å². The van der Waals surface area contributed by atoms with E-state index >= 15 is 0 Å². The number of hydrogen-bond donors (Lipinski definition) is 1. The van der Waals surface area contributed by atoms with E-state index in [2.05, 4.69) is 5.32 Å². The molecule has 1 aromatic heterocycles. The molecule has 150 valence electrons. The third-order valence-electron chi connectivity index (χ3n) is 4.96. The molecule has 0 aliphatic heterocycles. The zero-order chi connectivity index (χ0) is 21.1. The van der Waals surface area contributed by atoms with Crippen molar-refractivity contribution in [3.63, 3.8) is 0 Å². The van der Waals surface area contributed by atoms with Crippen LogP contribution in [0, 0.1) is 6.92 Å². The van der Waals surface area contributed by atoms with Crippen LogP contribution in [-0.4, -0.2) is 25.1 Å². The fourth-order valence-electron chi connectivity index (χ4n) is 3.34. The van der Waals surface area contributed by atoms with Crippen LogP contribution in [0.1, 0.15) is 15.9 Å². The second-order valence-electron chi connectivity index (χ2n) is 6.96. The fraction of sp³-hybridized carbons (Fsp3) is 0.120. The maximum Gasteiger partial charge on any atom is 0.256 e. The van der Waals surface area contributed by atoms with Crippen LogP contribution >= 0.6 is 0 Å². The molecule has 0 saturated carbocycles. The Morgan fingerprint density at radius 1 is 0.900 bits per heavy atom. The summed E-state index contributed by atoms with van der Waals surface area (Å²) in [6.07, 6.45) is 0. The summed E-state index contributed by atoms with van der Waals surface area (Å²) >= 11 is 0. The van der Waals surface area contributed by atoms with Crippen molar-refractivity contribution in [2.45, 2.75) is 6.92 Å². The van der Waals surface area contributed by atoms with E-state index in [1.165, 1.54) is 5.56 Å². The maximum absolute atomic E-state index is 13.3. The molecule has 5 nitrogen and oxygen atoms in total. The lowest BCUT2D eigenvalue weighted by atomic mass is 10.0. The normalized spacial score (nSPS) is 10.6. The minimum atomic E-state index is -0.242. The quantitative estimate of drug-likeness (QED) is 0.484. The van der Waals surface area contributed by atoms with Crippen LogP contribution in [0.25, 0.3) is 22.2 Å². The van der Waals surface area contributed by atoms with Gasteiger partial charge >= 0.3 is 0 Å². The molecule has 4 rings (SSSR count). The van der Waals surface area contributed by atoms with Crippen LogP contribution in [0.15, 0.2) is 72.8 Å². The topological polar surface area (TPSA) is 60.5 Å². The maximum atomic E-state index is 13.3. The second-order valence-corrected chi connectivity index (χ2v) is 6.96. The third kappa shape index (κ3) is 3.82. The van der Waals surface area contributed by atoms with Crippen molar-refractivity contribution in [1.82, 2.24) is 4.98 Å². The van der Waals surface area contributed by atoms with Crippen molar-refractivity contribution in [2.24, 2.45) is 0 Å². The number of ether oxygens (including phenoxy) is 2. The molecule has 0 aliphatic carbocycles. The number of aryl methyl sites for hydroxylation is 1. The lowest BCUT2D eigenvalue weighted by Crippen LogP contribution is -2.14. The van der Waals surface area contributed by atoms with Crippen molar-refractivity contribution < 1.29 is 14.3 Å². The van der Waals surface area contributed by atoms with E-state index in [1.807, 2.05) is 61.5 Å². The Balaban J connectivity index is 1.79.